The van der Waals surface area contributed by atoms with Crippen LogP contribution < -0.4 is 14.5 Å². The van der Waals surface area contributed by atoms with Gasteiger partial charge in [-0.2, -0.15) is 0 Å². The Morgan fingerprint density at radius 2 is 0.705 bits per heavy atom. The molecule has 14 aromatic rings. The Morgan fingerprint density at radius 1 is 0.307 bits per heavy atom. The lowest BCUT2D eigenvalue weighted by atomic mass is 9.68. The van der Waals surface area contributed by atoms with E-state index in [0.29, 0.717) is 0 Å². The average Bonchev–Trinajstić information content (AvgIpc) is 1.55. The number of hydrogen-bond donors (Lipinski definition) is 0. The minimum Gasteiger partial charge on any atom is -0.454 e. The summed E-state index contributed by atoms with van der Waals surface area (Å²) in [7, 11) is 0. The van der Waals surface area contributed by atoms with Gasteiger partial charge >= 0.3 is 0 Å². The van der Waals surface area contributed by atoms with Gasteiger partial charge in [0.05, 0.1) is 33.4 Å². The summed E-state index contributed by atoms with van der Waals surface area (Å²) in [6, 6.07) is 97.8. The molecule has 0 saturated heterocycles. The van der Waals surface area contributed by atoms with Gasteiger partial charge in [0.2, 0.25) is 0 Å². The molecule has 0 unspecified atom stereocenters. The summed E-state index contributed by atoms with van der Waals surface area (Å²) in [6.07, 6.45) is 4.93. The van der Waals surface area contributed by atoms with Crippen LogP contribution in [-0.4, -0.2) is 9.13 Å². The molecule has 5 heteroatoms. The second kappa shape index (κ2) is 19.2. The van der Waals surface area contributed by atoms with Gasteiger partial charge < -0.3 is 23.7 Å². The van der Waals surface area contributed by atoms with Gasteiger partial charge in [-0.1, -0.05) is 205 Å². The van der Waals surface area contributed by atoms with Crippen molar-refractivity contribution >= 4 is 89.9 Å². The largest absolute Gasteiger partial charge is 0.454 e. The van der Waals surface area contributed by atoms with Crippen LogP contribution in [0.5, 0.6) is 11.5 Å². The Bertz CT molecular complexity index is 5120. The van der Waals surface area contributed by atoms with Gasteiger partial charge in [0.15, 0.2) is 5.75 Å². The maximum absolute atomic E-state index is 7.50. The van der Waals surface area contributed by atoms with Gasteiger partial charge in [-0.25, -0.2) is 0 Å². The van der Waals surface area contributed by atoms with Crippen LogP contribution >= 0.6 is 0 Å². The van der Waals surface area contributed by atoms with Crippen molar-refractivity contribution < 1.29 is 4.74 Å². The molecule has 0 amide bonds. The highest BCUT2D eigenvalue weighted by Gasteiger charge is 2.46. The molecule has 5 nitrogen and oxygen atoms in total. The van der Waals surface area contributed by atoms with Crippen molar-refractivity contribution in [2.75, 3.05) is 9.80 Å². The normalized spacial score (nSPS) is 14.6. The van der Waals surface area contributed by atoms with Crippen molar-refractivity contribution in [2.45, 2.75) is 57.8 Å². The fourth-order valence-electron chi connectivity index (χ4n) is 15.6. The zero-order valence-corrected chi connectivity index (χ0v) is 50.3. The number of aromatic nitrogens is 2. The molecule has 12 aromatic carbocycles. The fraction of sp³-hybridized carbons (Fsp3) is 0.108. The predicted octanol–water partition coefficient (Wildman–Crippen LogP) is 22.4. The summed E-state index contributed by atoms with van der Waals surface area (Å²) < 4.78 is 12.6. The van der Waals surface area contributed by atoms with Crippen LogP contribution in [0.15, 0.2) is 267 Å². The third-order valence-corrected chi connectivity index (χ3v) is 19.7. The molecule has 17 rings (SSSR count). The summed E-state index contributed by atoms with van der Waals surface area (Å²) in [5, 5.41) is 4.76. The van der Waals surface area contributed by atoms with Crippen LogP contribution in [0, 0.1) is 0 Å². The van der Waals surface area contributed by atoms with Crippen molar-refractivity contribution in [1.29, 1.82) is 0 Å². The monoisotopic (exact) mass is 1130 g/mol. The van der Waals surface area contributed by atoms with E-state index >= 15 is 0 Å². The van der Waals surface area contributed by atoms with E-state index < -0.39 is 10.8 Å². The SMILES string of the molecule is CC1(C)c2cc(-n3c4ccccc4c4cc(N(c5ccccc5)c5ccccc5)ccc43)c3c(c2C=Cc2c1cc(-n1c4ccccc4c4cc(N(c5ccccc5)c5ccccc5)ccc41)c1c2C(C)(C)c2ccccc2-1)C(C)(C)c1ccccc1O3. The molecule has 0 N–H and O–H groups in total. The number of hydrogen-bond acceptors (Lipinski definition) is 3. The molecule has 1 aliphatic heterocycles. The molecule has 88 heavy (non-hydrogen) atoms. The standard InChI is InChI=1S/C83H64N4O/c1-81(2)68-51-74(86-70-40-24-20-35-59(70)64-49-57(43-47-72(64)86)84(53-27-11-7-12-28-53)54-29-13-8-14-30-54)77-61-37-19-22-38-66(61)82(3,4)78(77)62(68)45-46-63-69(81)52-75(80-79(63)83(5,6)67-39-23-26-42-76(67)88-80)87-71-41-25-21-36-60(71)65-50-58(44-48-73(65)87)85(55-31-15-9-16-32-55)56-33-17-10-18-34-56/h7-52H,1-6H3. The number of benzene rings is 12. The van der Waals surface area contributed by atoms with Crippen molar-refractivity contribution in [3.63, 3.8) is 0 Å². The quantitative estimate of drug-likeness (QED) is 0.152. The topological polar surface area (TPSA) is 25.6 Å². The fourth-order valence-corrected chi connectivity index (χ4v) is 15.6. The van der Waals surface area contributed by atoms with Gasteiger partial charge in [-0.15, -0.1) is 0 Å². The first-order valence-corrected chi connectivity index (χ1v) is 30.8. The van der Waals surface area contributed by atoms with E-state index in [4.69, 9.17) is 4.74 Å². The van der Waals surface area contributed by atoms with Gasteiger partial charge in [-0.05, 0) is 154 Å². The van der Waals surface area contributed by atoms with Crippen molar-refractivity contribution in [3.8, 4) is 34.0 Å². The Balaban J connectivity index is 0.929. The van der Waals surface area contributed by atoms with Crippen LogP contribution in [0.3, 0.4) is 0 Å². The third kappa shape index (κ3) is 7.46. The zero-order valence-electron chi connectivity index (χ0n) is 50.3. The first kappa shape index (κ1) is 51.8. The van der Waals surface area contributed by atoms with E-state index in [1.54, 1.807) is 0 Å². The molecule has 0 saturated carbocycles. The minimum atomic E-state index is -0.560. The molecule has 2 aromatic heterocycles. The van der Waals surface area contributed by atoms with Crippen molar-refractivity contribution in [3.05, 3.63) is 311 Å². The Morgan fingerprint density at radius 3 is 1.23 bits per heavy atom. The highest BCUT2D eigenvalue weighted by molar-refractivity contribution is 6.13. The molecule has 2 aliphatic carbocycles. The molecule has 3 aliphatic rings. The number of fused-ring (bicyclic) bond motifs is 15. The maximum Gasteiger partial charge on any atom is 0.156 e. The maximum atomic E-state index is 7.50. The van der Waals surface area contributed by atoms with Crippen LogP contribution in [0.2, 0.25) is 0 Å². The second-order valence-electron chi connectivity index (χ2n) is 25.6. The van der Waals surface area contributed by atoms with E-state index in [1.165, 1.54) is 88.4 Å². The third-order valence-electron chi connectivity index (χ3n) is 19.7. The number of para-hydroxylation sites is 7. The van der Waals surface area contributed by atoms with Crippen LogP contribution in [-0.2, 0) is 16.2 Å². The van der Waals surface area contributed by atoms with Gasteiger partial charge in [0.1, 0.15) is 5.75 Å². The Hall–Kier alpha value is -10.6. The van der Waals surface area contributed by atoms with E-state index in [-0.39, 0.29) is 5.41 Å². The Labute approximate surface area is 513 Å². The van der Waals surface area contributed by atoms with Crippen molar-refractivity contribution in [2.24, 2.45) is 0 Å². The molecule has 0 bridgehead atoms. The van der Waals surface area contributed by atoms with E-state index in [0.717, 1.165) is 67.9 Å². The lowest BCUT2D eigenvalue weighted by molar-refractivity contribution is 0.415. The summed E-state index contributed by atoms with van der Waals surface area (Å²) in [5.74, 6) is 1.77. The smallest absolute Gasteiger partial charge is 0.156 e. The number of anilines is 6. The number of ether oxygens (including phenoxy) is 1. The summed E-state index contributed by atoms with van der Waals surface area (Å²) >= 11 is 0. The summed E-state index contributed by atoms with van der Waals surface area (Å²) in [6.45, 7) is 14.6. The van der Waals surface area contributed by atoms with Crippen LogP contribution in [0.4, 0.5) is 34.1 Å². The minimum absolute atomic E-state index is 0.342. The summed E-state index contributed by atoms with van der Waals surface area (Å²) in [5.41, 5.74) is 24.7. The highest BCUT2D eigenvalue weighted by atomic mass is 16.5. The number of nitrogens with zero attached hydrogens (tertiary/aromatic N) is 4. The molecule has 422 valence electrons. The zero-order chi connectivity index (χ0) is 59.2. The van der Waals surface area contributed by atoms with Gasteiger partial charge in [-0.3, -0.25) is 0 Å². The molecule has 0 fully saturated rings. The van der Waals surface area contributed by atoms with Crippen LogP contribution in [0.1, 0.15) is 86.1 Å². The highest BCUT2D eigenvalue weighted by Crippen LogP contribution is 2.60. The first-order valence-electron chi connectivity index (χ1n) is 30.8. The van der Waals surface area contributed by atoms with E-state index in [1.807, 2.05) is 0 Å². The first-order chi connectivity index (χ1) is 43.0. The second-order valence-corrected chi connectivity index (χ2v) is 25.6. The van der Waals surface area contributed by atoms with Crippen molar-refractivity contribution in [1.82, 2.24) is 9.13 Å². The molecular weight excluding hydrogens is 1070 g/mol. The number of rotatable bonds is 8. The lowest BCUT2D eigenvalue weighted by Gasteiger charge is -2.40. The molecule has 0 radical (unpaired) electrons. The molecular formula is C83H64N4O. The summed E-state index contributed by atoms with van der Waals surface area (Å²) in [4.78, 5) is 4.73. The van der Waals surface area contributed by atoms with E-state index in [9.17, 15) is 0 Å². The van der Waals surface area contributed by atoms with E-state index in [2.05, 4.69) is 340 Å². The Kier molecular flexibility index (Phi) is 11.3. The van der Waals surface area contributed by atoms with Gasteiger partial charge in [0, 0.05) is 88.6 Å². The molecule has 3 heterocycles. The average molecular weight is 1130 g/mol. The molecule has 0 atom stereocenters. The van der Waals surface area contributed by atoms with Gasteiger partial charge in [0.25, 0.3) is 0 Å². The predicted molar refractivity (Wildman–Crippen MR) is 368 cm³/mol. The molecule has 0 spiro atoms. The van der Waals surface area contributed by atoms with Crippen LogP contribution in [0.25, 0.3) is 78.3 Å². The lowest BCUT2D eigenvalue weighted by Crippen LogP contribution is -2.30.